The second-order valence-corrected chi connectivity index (χ2v) is 4.18. The molecule has 0 spiro atoms. The number of para-hydroxylation sites is 1. The first-order valence-electron chi connectivity index (χ1n) is 5.66. The molecule has 3 aromatic rings. The van der Waals surface area contributed by atoms with Gasteiger partial charge in [-0.25, -0.2) is 4.79 Å². The lowest BCUT2D eigenvalue weighted by molar-refractivity contribution is 0.0701. The molecule has 5 heteroatoms. The number of carbonyl (C=O) groups is 1. The summed E-state index contributed by atoms with van der Waals surface area (Å²) >= 11 is 0. The van der Waals surface area contributed by atoms with Gasteiger partial charge in [-0.1, -0.05) is 18.2 Å². The Morgan fingerprint density at radius 3 is 2.74 bits per heavy atom. The third kappa shape index (κ3) is 1.52. The van der Waals surface area contributed by atoms with Crippen LogP contribution in [0, 0.1) is 0 Å². The van der Waals surface area contributed by atoms with Gasteiger partial charge in [0, 0.05) is 11.5 Å². The van der Waals surface area contributed by atoms with Gasteiger partial charge in [-0.15, -0.1) is 0 Å². The Kier molecular flexibility index (Phi) is 2.35. The molecule has 5 nitrogen and oxygen atoms in total. The molecule has 2 N–H and O–H groups in total. The van der Waals surface area contributed by atoms with Gasteiger partial charge in [-0.05, 0) is 6.07 Å². The number of benzene rings is 1. The van der Waals surface area contributed by atoms with Crippen molar-refractivity contribution in [1.29, 1.82) is 0 Å². The van der Waals surface area contributed by atoms with E-state index in [-0.39, 0.29) is 11.3 Å². The normalized spacial score (nSPS) is 11.0. The highest BCUT2D eigenvalue weighted by molar-refractivity contribution is 6.12. The van der Waals surface area contributed by atoms with Crippen LogP contribution in [0.15, 0.2) is 36.5 Å². The molecular formula is C14H11NO4. The Labute approximate surface area is 108 Å². The number of hydrogen-bond donors (Lipinski definition) is 2. The number of ether oxygens (including phenoxy) is 1. The maximum atomic E-state index is 11.5. The quantitative estimate of drug-likeness (QED) is 0.740. The van der Waals surface area contributed by atoms with Crippen molar-refractivity contribution in [3.8, 4) is 11.5 Å². The van der Waals surface area contributed by atoms with Gasteiger partial charge >= 0.3 is 5.97 Å². The number of nitrogens with zero attached hydrogens (tertiary/aromatic N) is 1. The molecule has 0 aliphatic heterocycles. The summed E-state index contributed by atoms with van der Waals surface area (Å²) in [6, 6.07) is 8.54. The van der Waals surface area contributed by atoms with Gasteiger partial charge in [0.1, 0.15) is 17.0 Å². The number of rotatable bonds is 2. The standard InChI is InChI=1S/C14H11NO4/c1-19-11-6-8(16)7-15-10-5-3-2-4-9(10)12(13(11)15)14(17)18/h2-7,16H,1H3,(H,17,18). The third-order valence-corrected chi connectivity index (χ3v) is 3.12. The first-order chi connectivity index (χ1) is 9.13. The summed E-state index contributed by atoms with van der Waals surface area (Å²) in [6.45, 7) is 0. The van der Waals surface area contributed by atoms with Crippen molar-refractivity contribution in [3.05, 3.63) is 42.1 Å². The fraction of sp³-hybridized carbons (Fsp3) is 0.0714. The van der Waals surface area contributed by atoms with Gasteiger partial charge in [0.2, 0.25) is 0 Å². The Morgan fingerprint density at radius 1 is 1.32 bits per heavy atom. The van der Waals surface area contributed by atoms with Gasteiger partial charge in [0.05, 0.1) is 24.4 Å². The largest absolute Gasteiger partial charge is 0.506 e. The van der Waals surface area contributed by atoms with Gasteiger partial charge in [0.15, 0.2) is 0 Å². The zero-order chi connectivity index (χ0) is 13.6. The van der Waals surface area contributed by atoms with Crippen molar-refractivity contribution in [3.63, 3.8) is 0 Å². The highest BCUT2D eigenvalue weighted by Crippen LogP contribution is 2.35. The predicted octanol–water partition coefficient (Wildman–Crippen LogP) is 2.50. The van der Waals surface area contributed by atoms with Crippen LogP contribution in [0.5, 0.6) is 11.5 Å². The number of aromatic nitrogens is 1. The SMILES string of the molecule is COc1cc(O)cn2c1c(C(=O)O)c1ccccc12. The lowest BCUT2D eigenvalue weighted by Crippen LogP contribution is -1.98. The third-order valence-electron chi connectivity index (χ3n) is 3.12. The summed E-state index contributed by atoms with van der Waals surface area (Å²) in [5.41, 5.74) is 1.32. The highest BCUT2D eigenvalue weighted by atomic mass is 16.5. The van der Waals surface area contributed by atoms with Crippen molar-refractivity contribution in [1.82, 2.24) is 4.40 Å². The van der Waals surface area contributed by atoms with Gasteiger partial charge in [0.25, 0.3) is 0 Å². The summed E-state index contributed by atoms with van der Waals surface area (Å²) in [5, 5.41) is 19.7. The van der Waals surface area contributed by atoms with Gasteiger partial charge < -0.3 is 19.4 Å². The van der Waals surface area contributed by atoms with Crippen LogP contribution in [-0.4, -0.2) is 27.7 Å². The minimum atomic E-state index is -1.03. The summed E-state index contributed by atoms with van der Waals surface area (Å²) in [6.07, 6.45) is 1.48. The van der Waals surface area contributed by atoms with E-state index in [1.165, 1.54) is 19.4 Å². The van der Waals surface area contributed by atoms with Crippen LogP contribution >= 0.6 is 0 Å². The maximum absolute atomic E-state index is 11.5. The smallest absolute Gasteiger partial charge is 0.338 e. The molecule has 0 aliphatic rings. The molecule has 19 heavy (non-hydrogen) atoms. The van der Waals surface area contributed by atoms with Crippen molar-refractivity contribution >= 4 is 22.4 Å². The number of aromatic hydroxyl groups is 1. The molecule has 0 radical (unpaired) electrons. The molecule has 0 fully saturated rings. The van der Waals surface area contributed by atoms with Gasteiger partial charge in [-0.3, -0.25) is 0 Å². The Morgan fingerprint density at radius 2 is 2.05 bits per heavy atom. The van der Waals surface area contributed by atoms with Crippen LogP contribution in [0.2, 0.25) is 0 Å². The van der Waals surface area contributed by atoms with Crippen LogP contribution < -0.4 is 4.74 Å². The number of methoxy groups -OCH3 is 1. The van der Waals surface area contributed by atoms with E-state index in [4.69, 9.17) is 4.74 Å². The first kappa shape index (κ1) is 11.4. The van der Waals surface area contributed by atoms with Gasteiger partial charge in [-0.2, -0.15) is 0 Å². The Hall–Kier alpha value is -2.69. The van der Waals surface area contributed by atoms with Crippen LogP contribution in [0.25, 0.3) is 16.4 Å². The molecule has 0 amide bonds. The number of aromatic carboxylic acids is 1. The van der Waals surface area contributed by atoms with E-state index < -0.39 is 5.97 Å². The number of hydrogen-bond acceptors (Lipinski definition) is 3. The molecule has 0 saturated carbocycles. The second-order valence-electron chi connectivity index (χ2n) is 4.18. The lowest BCUT2D eigenvalue weighted by atomic mass is 10.1. The molecular weight excluding hydrogens is 246 g/mol. The highest BCUT2D eigenvalue weighted by Gasteiger charge is 2.21. The molecule has 0 bridgehead atoms. The fourth-order valence-electron chi connectivity index (χ4n) is 2.38. The number of fused-ring (bicyclic) bond motifs is 3. The maximum Gasteiger partial charge on any atom is 0.338 e. The summed E-state index contributed by atoms with van der Waals surface area (Å²) < 4.78 is 6.82. The Balaban J connectivity index is 2.64. The van der Waals surface area contributed by atoms with E-state index >= 15 is 0 Å². The van der Waals surface area contributed by atoms with Crippen molar-refractivity contribution in [2.75, 3.05) is 7.11 Å². The van der Waals surface area contributed by atoms with E-state index in [0.29, 0.717) is 22.2 Å². The monoisotopic (exact) mass is 257 g/mol. The van der Waals surface area contributed by atoms with Crippen LogP contribution in [0.4, 0.5) is 0 Å². The molecule has 0 atom stereocenters. The average molecular weight is 257 g/mol. The summed E-state index contributed by atoms with van der Waals surface area (Å²) in [7, 11) is 1.44. The van der Waals surface area contributed by atoms with Crippen molar-refractivity contribution in [2.24, 2.45) is 0 Å². The molecule has 3 rings (SSSR count). The topological polar surface area (TPSA) is 71.2 Å². The van der Waals surface area contributed by atoms with E-state index in [9.17, 15) is 15.0 Å². The van der Waals surface area contributed by atoms with Crippen molar-refractivity contribution in [2.45, 2.75) is 0 Å². The van der Waals surface area contributed by atoms with E-state index in [0.717, 1.165) is 0 Å². The molecule has 2 aromatic heterocycles. The van der Waals surface area contributed by atoms with Crippen molar-refractivity contribution < 1.29 is 19.7 Å². The predicted molar refractivity (Wildman–Crippen MR) is 70.1 cm³/mol. The average Bonchev–Trinajstić information content (AvgIpc) is 2.72. The molecule has 0 unspecified atom stereocenters. The fourth-order valence-corrected chi connectivity index (χ4v) is 2.38. The zero-order valence-electron chi connectivity index (χ0n) is 10.1. The number of pyridine rings is 1. The lowest BCUT2D eigenvalue weighted by Gasteiger charge is -2.06. The van der Waals surface area contributed by atoms with Crippen LogP contribution in [0.3, 0.4) is 0 Å². The van der Waals surface area contributed by atoms with Crippen LogP contribution in [0.1, 0.15) is 10.4 Å². The second kappa shape index (κ2) is 3.91. The van der Waals surface area contributed by atoms with E-state index in [2.05, 4.69) is 0 Å². The van der Waals surface area contributed by atoms with E-state index in [1.807, 2.05) is 6.07 Å². The molecule has 2 heterocycles. The summed E-state index contributed by atoms with van der Waals surface area (Å²) in [5.74, 6) is -0.682. The zero-order valence-corrected chi connectivity index (χ0v) is 10.1. The molecule has 96 valence electrons. The minimum absolute atomic E-state index is 0.0158. The number of carboxylic acids is 1. The molecule has 0 aliphatic carbocycles. The minimum Gasteiger partial charge on any atom is -0.506 e. The molecule has 0 saturated heterocycles. The van der Waals surface area contributed by atoms with Crippen LogP contribution in [-0.2, 0) is 0 Å². The Bertz CT molecular complexity index is 804. The molecule has 1 aromatic carbocycles. The number of carboxylic acid groups (broad SMARTS) is 1. The first-order valence-corrected chi connectivity index (χ1v) is 5.66. The summed E-state index contributed by atoms with van der Waals surface area (Å²) in [4.78, 5) is 11.5. The van der Waals surface area contributed by atoms with E-state index in [1.54, 1.807) is 22.6 Å².